The molecule has 0 bridgehead atoms. The van der Waals surface area contributed by atoms with Gasteiger partial charge in [0, 0.05) is 18.0 Å². The second kappa shape index (κ2) is 7.13. The quantitative estimate of drug-likeness (QED) is 0.807. The lowest BCUT2D eigenvalue weighted by atomic mass is 10.1. The maximum absolute atomic E-state index is 11.4. The number of benzene rings is 1. The average molecular weight is 315 g/mol. The van der Waals surface area contributed by atoms with Gasteiger partial charge in [0.15, 0.2) is 0 Å². The molecule has 1 aromatic rings. The third-order valence-electron chi connectivity index (χ3n) is 2.34. The van der Waals surface area contributed by atoms with Crippen molar-refractivity contribution in [1.82, 2.24) is 5.32 Å². The van der Waals surface area contributed by atoms with Crippen molar-refractivity contribution >= 4 is 27.7 Å². The fraction of sp³-hybridized carbons (Fsp3) is 0.333. The first kappa shape index (κ1) is 14.7. The van der Waals surface area contributed by atoms with E-state index in [0.29, 0.717) is 6.42 Å². The van der Waals surface area contributed by atoms with E-state index < -0.39 is 11.9 Å². The molecule has 3 N–H and O–H groups in total. The highest BCUT2D eigenvalue weighted by Gasteiger charge is 2.19. The minimum Gasteiger partial charge on any atom is -0.375 e. The van der Waals surface area contributed by atoms with Gasteiger partial charge in [0.05, 0.1) is 0 Å². The summed E-state index contributed by atoms with van der Waals surface area (Å²) in [6, 6.07) is 6.71. The van der Waals surface area contributed by atoms with E-state index in [4.69, 9.17) is 5.73 Å². The number of carbonyl (C=O) groups excluding carboxylic acids is 2. The fourth-order valence-electron chi connectivity index (χ4n) is 1.47. The summed E-state index contributed by atoms with van der Waals surface area (Å²) in [5.41, 5.74) is 6.17. The highest BCUT2D eigenvalue weighted by Crippen LogP contribution is 2.17. The van der Waals surface area contributed by atoms with Crippen LogP contribution in [0.25, 0.3) is 0 Å². The monoisotopic (exact) mass is 314 g/mol. The Kier molecular flexibility index (Phi) is 5.80. The van der Waals surface area contributed by atoms with E-state index in [9.17, 15) is 9.59 Å². The standard InChI is InChI=1S/C12H15BrN2O3/c1-18-7-11(16)15-10(12(14)17)6-8-4-2-3-5-9(8)13/h2-5,10H,6-7H2,1H3,(H2,14,17)(H,15,16)/t10-/m1/s1. The van der Waals surface area contributed by atoms with Gasteiger partial charge in [-0.3, -0.25) is 9.59 Å². The van der Waals surface area contributed by atoms with Crippen LogP contribution in [0.15, 0.2) is 28.7 Å². The summed E-state index contributed by atoms with van der Waals surface area (Å²) in [7, 11) is 1.41. The van der Waals surface area contributed by atoms with E-state index in [1.165, 1.54) is 7.11 Å². The van der Waals surface area contributed by atoms with Gasteiger partial charge in [-0.05, 0) is 11.6 Å². The molecule has 1 aromatic carbocycles. The van der Waals surface area contributed by atoms with E-state index in [1.807, 2.05) is 24.3 Å². The number of ether oxygens (including phenoxy) is 1. The Morgan fingerprint density at radius 1 is 1.44 bits per heavy atom. The predicted octanol–water partition coefficient (Wildman–Crippen LogP) is 0.608. The zero-order valence-electron chi connectivity index (χ0n) is 9.98. The summed E-state index contributed by atoms with van der Waals surface area (Å²) in [5.74, 6) is -0.941. The van der Waals surface area contributed by atoms with Crippen LogP contribution in [-0.2, 0) is 20.7 Å². The minimum absolute atomic E-state index is 0.0975. The smallest absolute Gasteiger partial charge is 0.246 e. The van der Waals surface area contributed by atoms with Gasteiger partial charge in [-0.15, -0.1) is 0 Å². The third-order valence-corrected chi connectivity index (χ3v) is 3.11. The Balaban J connectivity index is 2.72. The average Bonchev–Trinajstić information content (AvgIpc) is 2.31. The molecule has 0 saturated heterocycles. The summed E-state index contributed by atoms with van der Waals surface area (Å²) in [6.45, 7) is -0.0975. The first-order valence-corrected chi connectivity index (χ1v) is 6.15. The fourth-order valence-corrected chi connectivity index (χ4v) is 1.92. The minimum atomic E-state index is -0.744. The number of rotatable bonds is 6. The molecule has 0 saturated carbocycles. The van der Waals surface area contributed by atoms with Crippen molar-refractivity contribution in [1.29, 1.82) is 0 Å². The molecule has 1 atom stereocenters. The van der Waals surface area contributed by atoms with E-state index >= 15 is 0 Å². The van der Waals surface area contributed by atoms with Crippen LogP contribution in [0.2, 0.25) is 0 Å². The molecular weight excluding hydrogens is 300 g/mol. The van der Waals surface area contributed by atoms with Crippen LogP contribution >= 0.6 is 15.9 Å². The third kappa shape index (κ3) is 4.46. The molecule has 0 aliphatic heterocycles. The largest absolute Gasteiger partial charge is 0.375 e. The Morgan fingerprint density at radius 2 is 2.11 bits per heavy atom. The number of carbonyl (C=O) groups is 2. The van der Waals surface area contributed by atoms with Crippen LogP contribution in [-0.4, -0.2) is 31.6 Å². The molecule has 0 radical (unpaired) electrons. The number of hydrogen-bond acceptors (Lipinski definition) is 3. The van der Waals surface area contributed by atoms with Crippen molar-refractivity contribution < 1.29 is 14.3 Å². The number of primary amides is 1. The van der Waals surface area contributed by atoms with Crippen molar-refractivity contribution in [2.75, 3.05) is 13.7 Å². The van der Waals surface area contributed by atoms with E-state index in [0.717, 1.165) is 10.0 Å². The number of halogens is 1. The Bertz CT molecular complexity index is 437. The molecule has 2 amide bonds. The van der Waals surface area contributed by atoms with Crippen molar-refractivity contribution in [3.05, 3.63) is 34.3 Å². The molecule has 6 heteroatoms. The SMILES string of the molecule is COCC(=O)N[C@H](Cc1ccccc1Br)C(N)=O. The first-order chi connectivity index (χ1) is 8.54. The molecule has 18 heavy (non-hydrogen) atoms. The summed E-state index contributed by atoms with van der Waals surface area (Å²) >= 11 is 3.38. The van der Waals surface area contributed by atoms with Crippen molar-refractivity contribution in [3.63, 3.8) is 0 Å². The number of nitrogens with one attached hydrogen (secondary N) is 1. The zero-order chi connectivity index (χ0) is 13.5. The summed E-state index contributed by atoms with van der Waals surface area (Å²) < 4.78 is 5.56. The van der Waals surface area contributed by atoms with E-state index in [1.54, 1.807) is 0 Å². The van der Waals surface area contributed by atoms with Gasteiger partial charge >= 0.3 is 0 Å². The van der Waals surface area contributed by atoms with Crippen molar-refractivity contribution in [2.24, 2.45) is 5.73 Å². The summed E-state index contributed by atoms with van der Waals surface area (Å²) in [6.07, 6.45) is 0.339. The number of nitrogens with two attached hydrogens (primary N) is 1. The van der Waals surface area contributed by atoms with Gasteiger partial charge in [0.2, 0.25) is 11.8 Å². The molecule has 5 nitrogen and oxygen atoms in total. The van der Waals surface area contributed by atoms with Gasteiger partial charge in [-0.2, -0.15) is 0 Å². The van der Waals surface area contributed by atoms with Gasteiger partial charge in [-0.1, -0.05) is 34.1 Å². The second-order valence-electron chi connectivity index (χ2n) is 3.75. The molecule has 0 unspecified atom stereocenters. The normalized spacial score (nSPS) is 11.9. The van der Waals surface area contributed by atoms with Gasteiger partial charge in [0.25, 0.3) is 0 Å². The zero-order valence-corrected chi connectivity index (χ0v) is 11.6. The van der Waals surface area contributed by atoms with Crippen LogP contribution in [0.1, 0.15) is 5.56 Å². The van der Waals surface area contributed by atoms with Crippen molar-refractivity contribution in [2.45, 2.75) is 12.5 Å². The predicted molar refractivity (Wildman–Crippen MR) is 70.8 cm³/mol. The molecule has 0 spiro atoms. The van der Waals surface area contributed by atoms with Crippen LogP contribution in [0, 0.1) is 0 Å². The Labute approximate surface area is 114 Å². The lowest BCUT2D eigenvalue weighted by Gasteiger charge is -2.16. The lowest BCUT2D eigenvalue weighted by Crippen LogP contribution is -2.47. The van der Waals surface area contributed by atoms with Gasteiger partial charge in [-0.25, -0.2) is 0 Å². The number of amides is 2. The van der Waals surface area contributed by atoms with Crippen molar-refractivity contribution in [3.8, 4) is 0 Å². The van der Waals surface area contributed by atoms with Crippen LogP contribution in [0.3, 0.4) is 0 Å². The number of hydrogen-bond donors (Lipinski definition) is 2. The van der Waals surface area contributed by atoms with Crippen LogP contribution in [0.5, 0.6) is 0 Å². The van der Waals surface area contributed by atoms with Gasteiger partial charge < -0.3 is 15.8 Å². The maximum Gasteiger partial charge on any atom is 0.246 e. The molecule has 0 fully saturated rings. The highest BCUT2D eigenvalue weighted by atomic mass is 79.9. The first-order valence-electron chi connectivity index (χ1n) is 5.35. The highest BCUT2D eigenvalue weighted by molar-refractivity contribution is 9.10. The lowest BCUT2D eigenvalue weighted by molar-refractivity contribution is -0.129. The van der Waals surface area contributed by atoms with E-state index in [2.05, 4.69) is 26.0 Å². The second-order valence-corrected chi connectivity index (χ2v) is 4.61. The van der Waals surface area contributed by atoms with Crippen LogP contribution in [0.4, 0.5) is 0 Å². The summed E-state index contributed by atoms with van der Waals surface area (Å²) in [4.78, 5) is 22.7. The van der Waals surface area contributed by atoms with E-state index in [-0.39, 0.29) is 12.5 Å². The summed E-state index contributed by atoms with van der Waals surface area (Å²) in [5, 5.41) is 2.53. The van der Waals surface area contributed by atoms with Gasteiger partial charge in [0.1, 0.15) is 12.6 Å². The molecule has 1 rings (SSSR count). The molecule has 0 aliphatic rings. The molecular formula is C12H15BrN2O3. The maximum atomic E-state index is 11.4. The molecule has 98 valence electrons. The van der Waals surface area contributed by atoms with Crippen LogP contribution < -0.4 is 11.1 Å². The Hall–Kier alpha value is -1.40. The Morgan fingerprint density at radius 3 is 2.67 bits per heavy atom. The topological polar surface area (TPSA) is 81.4 Å². The molecule has 0 aromatic heterocycles. The molecule has 0 heterocycles. The molecule has 0 aliphatic carbocycles. The number of methoxy groups -OCH3 is 1.